The van der Waals surface area contributed by atoms with Crippen molar-refractivity contribution in [3.8, 4) is 22.6 Å². The van der Waals surface area contributed by atoms with E-state index in [1.54, 1.807) is 31.5 Å². The summed E-state index contributed by atoms with van der Waals surface area (Å²) in [5.74, 6) is 0.697. The van der Waals surface area contributed by atoms with Crippen LogP contribution in [0.5, 0.6) is 11.5 Å². The Kier molecular flexibility index (Phi) is 6.07. The average molecular weight is 509 g/mol. The van der Waals surface area contributed by atoms with E-state index in [-0.39, 0.29) is 13.0 Å². The molecule has 0 atom stereocenters. The van der Waals surface area contributed by atoms with Crippen molar-refractivity contribution >= 4 is 33.5 Å². The number of pyridine rings is 1. The molecule has 38 heavy (non-hydrogen) atoms. The van der Waals surface area contributed by atoms with Crippen molar-refractivity contribution < 1.29 is 19.4 Å². The topological polar surface area (TPSA) is 112 Å². The Morgan fingerprint density at radius 1 is 1.05 bits per heavy atom. The third-order valence-electron chi connectivity index (χ3n) is 7.33. The Balaban J connectivity index is 1.41. The summed E-state index contributed by atoms with van der Waals surface area (Å²) in [6.45, 7) is 0.255. The van der Waals surface area contributed by atoms with E-state index in [9.17, 15) is 9.90 Å². The van der Waals surface area contributed by atoms with Crippen LogP contribution >= 0.6 is 0 Å². The Morgan fingerprint density at radius 2 is 1.84 bits per heavy atom. The van der Waals surface area contributed by atoms with Crippen LogP contribution in [0.15, 0.2) is 66.9 Å². The standard InChI is InChI=1S/C30H28N4O4/c1-37-23-9-7-21(15-29(35)36)28(16-23)38-17-27-25-14-20(8-10-26(25)33-34(27)22-3-2-4-22)19-6-5-18-11-12-32-30(31)24(18)13-19/h5-14,16,22H,2-4,15,17H2,1H3,(H2,31,32)(H,35,36). The molecule has 1 aliphatic rings. The molecule has 1 fully saturated rings. The number of fused-ring (bicyclic) bond motifs is 2. The minimum atomic E-state index is -0.916. The van der Waals surface area contributed by atoms with Gasteiger partial charge in [-0.3, -0.25) is 9.48 Å². The molecule has 0 bridgehead atoms. The molecule has 0 spiro atoms. The number of nitrogen functional groups attached to an aromatic ring is 1. The molecular formula is C30H28N4O4. The van der Waals surface area contributed by atoms with Gasteiger partial charge in [0.05, 0.1) is 30.8 Å². The molecule has 0 aliphatic heterocycles. The van der Waals surface area contributed by atoms with Crippen LogP contribution in [-0.2, 0) is 17.8 Å². The van der Waals surface area contributed by atoms with Crippen molar-refractivity contribution in [3.05, 3.63) is 78.1 Å². The molecular weight excluding hydrogens is 480 g/mol. The number of carboxylic acids is 1. The van der Waals surface area contributed by atoms with Crippen molar-refractivity contribution in [2.45, 2.75) is 38.3 Å². The summed E-state index contributed by atoms with van der Waals surface area (Å²) in [5.41, 5.74) is 10.7. The summed E-state index contributed by atoms with van der Waals surface area (Å²) in [7, 11) is 1.58. The number of nitrogens with two attached hydrogens (primary N) is 1. The highest BCUT2D eigenvalue weighted by Crippen LogP contribution is 2.37. The minimum Gasteiger partial charge on any atom is -0.497 e. The fourth-order valence-corrected chi connectivity index (χ4v) is 5.03. The lowest BCUT2D eigenvalue weighted by Gasteiger charge is -2.27. The largest absolute Gasteiger partial charge is 0.497 e. The first-order chi connectivity index (χ1) is 18.5. The monoisotopic (exact) mass is 508 g/mol. The van der Waals surface area contributed by atoms with Gasteiger partial charge in [-0.05, 0) is 66.1 Å². The molecule has 2 heterocycles. The van der Waals surface area contributed by atoms with Gasteiger partial charge in [0.15, 0.2) is 0 Å². The molecule has 3 aromatic carbocycles. The van der Waals surface area contributed by atoms with E-state index < -0.39 is 5.97 Å². The highest BCUT2D eigenvalue weighted by atomic mass is 16.5. The van der Waals surface area contributed by atoms with Gasteiger partial charge in [0.1, 0.15) is 23.9 Å². The van der Waals surface area contributed by atoms with Crippen LogP contribution in [0, 0.1) is 0 Å². The number of hydrogen-bond acceptors (Lipinski definition) is 6. The zero-order valence-electron chi connectivity index (χ0n) is 21.1. The molecule has 1 saturated carbocycles. The SMILES string of the molecule is COc1ccc(CC(=O)O)c(OCc2c3cc(-c4ccc5ccnc(N)c5c4)ccc3nn2C2CCC2)c1. The van der Waals surface area contributed by atoms with Crippen LogP contribution in [0.2, 0.25) is 0 Å². The highest BCUT2D eigenvalue weighted by molar-refractivity contribution is 5.95. The van der Waals surface area contributed by atoms with E-state index in [1.807, 2.05) is 12.1 Å². The Morgan fingerprint density at radius 3 is 2.58 bits per heavy atom. The predicted molar refractivity (Wildman–Crippen MR) is 146 cm³/mol. The predicted octanol–water partition coefficient (Wildman–Crippen LogP) is 5.77. The maximum atomic E-state index is 11.4. The number of hydrogen-bond donors (Lipinski definition) is 2. The number of rotatable bonds is 8. The van der Waals surface area contributed by atoms with Crippen LogP contribution in [0.4, 0.5) is 5.82 Å². The summed E-state index contributed by atoms with van der Waals surface area (Å²) in [5, 5.41) is 17.3. The Hall–Kier alpha value is -4.59. The number of aromatic nitrogens is 3. The second kappa shape index (κ2) is 9.70. The van der Waals surface area contributed by atoms with Gasteiger partial charge in [-0.25, -0.2) is 4.98 Å². The van der Waals surface area contributed by atoms with Gasteiger partial charge in [0, 0.05) is 28.6 Å². The summed E-state index contributed by atoms with van der Waals surface area (Å²) in [6, 6.07) is 20.0. The van der Waals surface area contributed by atoms with E-state index in [4.69, 9.17) is 20.3 Å². The lowest BCUT2D eigenvalue weighted by molar-refractivity contribution is -0.136. The second-order valence-electron chi connectivity index (χ2n) is 9.67. The summed E-state index contributed by atoms with van der Waals surface area (Å²) >= 11 is 0. The molecule has 0 radical (unpaired) electrons. The molecule has 192 valence electrons. The lowest BCUT2D eigenvalue weighted by atomic mass is 9.93. The second-order valence-corrected chi connectivity index (χ2v) is 9.67. The molecule has 2 aromatic heterocycles. The minimum absolute atomic E-state index is 0.133. The lowest BCUT2D eigenvalue weighted by Crippen LogP contribution is -2.21. The fraction of sp³-hybridized carbons (Fsp3) is 0.233. The number of nitrogens with zero attached hydrogens (tertiary/aromatic N) is 3. The molecule has 6 rings (SSSR count). The van der Waals surface area contributed by atoms with Gasteiger partial charge in [-0.1, -0.05) is 24.3 Å². The van der Waals surface area contributed by atoms with E-state index >= 15 is 0 Å². The molecule has 0 amide bonds. The van der Waals surface area contributed by atoms with Crippen LogP contribution in [0.1, 0.15) is 36.6 Å². The normalized spacial score (nSPS) is 13.5. The molecule has 0 unspecified atom stereocenters. The summed E-state index contributed by atoms with van der Waals surface area (Å²) < 4.78 is 13.7. The quantitative estimate of drug-likeness (QED) is 0.273. The zero-order valence-corrected chi connectivity index (χ0v) is 21.1. The van der Waals surface area contributed by atoms with E-state index in [0.717, 1.165) is 51.3 Å². The number of anilines is 1. The molecule has 3 N–H and O–H groups in total. The first-order valence-corrected chi connectivity index (χ1v) is 12.7. The number of aliphatic carboxylic acids is 1. The first-order valence-electron chi connectivity index (χ1n) is 12.7. The van der Waals surface area contributed by atoms with E-state index in [2.05, 4.69) is 40.0 Å². The smallest absolute Gasteiger partial charge is 0.307 e. The van der Waals surface area contributed by atoms with E-state index in [1.165, 1.54) is 6.42 Å². The maximum absolute atomic E-state index is 11.4. The average Bonchev–Trinajstić information content (AvgIpc) is 3.23. The van der Waals surface area contributed by atoms with Gasteiger partial charge in [0.25, 0.3) is 0 Å². The van der Waals surface area contributed by atoms with Crippen molar-refractivity contribution in [2.24, 2.45) is 0 Å². The third kappa shape index (κ3) is 4.38. The van der Waals surface area contributed by atoms with E-state index in [0.29, 0.717) is 28.9 Å². The maximum Gasteiger partial charge on any atom is 0.307 e. The number of carbonyl (C=O) groups is 1. The van der Waals surface area contributed by atoms with Crippen molar-refractivity contribution in [1.82, 2.24) is 14.8 Å². The number of methoxy groups -OCH3 is 1. The molecule has 8 nitrogen and oxygen atoms in total. The molecule has 1 aliphatic carbocycles. The van der Waals surface area contributed by atoms with Crippen molar-refractivity contribution in [3.63, 3.8) is 0 Å². The number of ether oxygens (including phenoxy) is 2. The zero-order chi connectivity index (χ0) is 26.2. The van der Waals surface area contributed by atoms with Crippen molar-refractivity contribution in [1.29, 1.82) is 0 Å². The van der Waals surface area contributed by atoms with Crippen molar-refractivity contribution in [2.75, 3.05) is 12.8 Å². The molecule has 5 aromatic rings. The van der Waals surface area contributed by atoms with Crippen LogP contribution in [0.3, 0.4) is 0 Å². The molecule has 8 heteroatoms. The third-order valence-corrected chi connectivity index (χ3v) is 7.33. The van der Waals surface area contributed by atoms with Gasteiger partial charge < -0.3 is 20.3 Å². The van der Waals surface area contributed by atoms with Crippen LogP contribution in [0.25, 0.3) is 32.8 Å². The number of benzene rings is 3. The first kappa shape index (κ1) is 23.8. The van der Waals surface area contributed by atoms with Gasteiger partial charge in [0.2, 0.25) is 0 Å². The number of carboxylic acid groups (broad SMARTS) is 1. The van der Waals surface area contributed by atoms with Gasteiger partial charge >= 0.3 is 5.97 Å². The molecule has 0 saturated heterocycles. The van der Waals surface area contributed by atoms with Gasteiger partial charge in [-0.2, -0.15) is 5.10 Å². The summed E-state index contributed by atoms with van der Waals surface area (Å²) in [4.78, 5) is 15.7. The van der Waals surface area contributed by atoms with Gasteiger partial charge in [-0.15, -0.1) is 0 Å². The Labute approximate surface area is 219 Å². The van der Waals surface area contributed by atoms with Crippen LogP contribution < -0.4 is 15.2 Å². The Bertz CT molecular complexity index is 1670. The summed E-state index contributed by atoms with van der Waals surface area (Å²) in [6.07, 6.45) is 4.92. The fourth-order valence-electron chi connectivity index (χ4n) is 5.03. The highest BCUT2D eigenvalue weighted by Gasteiger charge is 2.25. The van der Waals surface area contributed by atoms with Crippen LogP contribution in [-0.4, -0.2) is 33.0 Å².